The number of para-hydroxylation sites is 1. The van der Waals surface area contributed by atoms with E-state index in [1.807, 2.05) is 30.3 Å². The normalized spacial score (nSPS) is 19.2. The first kappa shape index (κ1) is 16.4. The summed E-state index contributed by atoms with van der Waals surface area (Å²) in [5.74, 6) is 0. The standard InChI is InChI=1S/C20H24N2O2/c1-2-16-10-6-7-11-19(16)21-17-12-18(13-17)22-20(23)24-14-15-8-4-3-5-9-15/h3-11,17-18,21H,2,12-14H2,1H3,(H,22,23). The lowest BCUT2D eigenvalue weighted by Crippen LogP contribution is -2.49. The number of carbonyl (C=O) groups is 1. The summed E-state index contributed by atoms with van der Waals surface area (Å²) in [6.07, 6.45) is 2.54. The molecule has 1 fully saturated rings. The molecule has 0 unspecified atom stereocenters. The van der Waals surface area contributed by atoms with Crippen LogP contribution in [0.1, 0.15) is 30.9 Å². The minimum atomic E-state index is -0.337. The number of carbonyl (C=O) groups excluding carboxylic acids is 1. The molecule has 24 heavy (non-hydrogen) atoms. The van der Waals surface area contributed by atoms with Gasteiger partial charge in [0, 0.05) is 17.8 Å². The molecule has 0 radical (unpaired) electrons. The van der Waals surface area contributed by atoms with Crippen molar-refractivity contribution >= 4 is 11.8 Å². The van der Waals surface area contributed by atoms with Crippen LogP contribution in [0.3, 0.4) is 0 Å². The Morgan fingerprint density at radius 2 is 1.75 bits per heavy atom. The summed E-state index contributed by atoms with van der Waals surface area (Å²) in [6, 6.07) is 18.7. The van der Waals surface area contributed by atoms with Gasteiger partial charge in [-0.05, 0) is 36.5 Å². The summed E-state index contributed by atoms with van der Waals surface area (Å²) in [6.45, 7) is 2.47. The zero-order valence-electron chi connectivity index (χ0n) is 14.0. The molecule has 2 N–H and O–H groups in total. The van der Waals surface area contributed by atoms with Gasteiger partial charge in [-0.15, -0.1) is 0 Å². The quantitative estimate of drug-likeness (QED) is 0.840. The van der Waals surface area contributed by atoms with Gasteiger partial charge in [-0.1, -0.05) is 55.5 Å². The predicted molar refractivity (Wildman–Crippen MR) is 96.0 cm³/mol. The lowest BCUT2D eigenvalue weighted by molar-refractivity contribution is 0.129. The Kier molecular flexibility index (Phi) is 5.36. The number of amides is 1. The molecule has 3 rings (SSSR count). The van der Waals surface area contributed by atoms with Crippen molar-refractivity contribution in [3.8, 4) is 0 Å². The lowest BCUT2D eigenvalue weighted by Gasteiger charge is -2.37. The Hall–Kier alpha value is -2.49. The maximum absolute atomic E-state index is 11.8. The predicted octanol–water partition coefficient (Wildman–Crippen LogP) is 4.12. The third kappa shape index (κ3) is 4.28. The molecule has 1 aliphatic rings. The van der Waals surface area contributed by atoms with Gasteiger partial charge in [0.1, 0.15) is 6.61 Å². The van der Waals surface area contributed by atoms with E-state index >= 15 is 0 Å². The van der Waals surface area contributed by atoms with Gasteiger partial charge in [0.05, 0.1) is 0 Å². The van der Waals surface area contributed by atoms with Gasteiger partial charge in [0.15, 0.2) is 0 Å². The molecular formula is C20H24N2O2. The van der Waals surface area contributed by atoms with Crippen LogP contribution in [0.4, 0.5) is 10.5 Å². The summed E-state index contributed by atoms with van der Waals surface area (Å²) in [4.78, 5) is 11.8. The fraction of sp³-hybridized carbons (Fsp3) is 0.350. The minimum Gasteiger partial charge on any atom is -0.445 e. The molecule has 1 saturated carbocycles. The van der Waals surface area contributed by atoms with Crippen LogP contribution in [0.15, 0.2) is 54.6 Å². The zero-order chi connectivity index (χ0) is 16.8. The van der Waals surface area contributed by atoms with E-state index in [-0.39, 0.29) is 12.1 Å². The molecule has 0 aliphatic heterocycles. The number of rotatable bonds is 6. The van der Waals surface area contributed by atoms with Crippen molar-refractivity contribution in [3.63, 3.8) is 0 Å². The molecule has 4 heteroatoms. The van der Waals surface area contributed by atoms with Crippen molar-refractivity contribution in [2.75, 3.05) is 5.32 Å². The minimum absolute atomic E-state index is 0.194. The maximum Gasteiger partial charge on any atom is 0.407 e. The highest BCUT2D eigenvalue weighted by atomic mass is 16.5. The van der Waals surface area contributed by atoms with E-state index in [0.717, 1.165) is 24.8 Å². The number of benzene rings is 2. The molecule has 0 bridgehead atoms. The van der Waals surface area contributed by atoms with Gasteiger partial charge in [0.25, 0.3) is 0 Å². The molecule has 4 nitrogen and oxygen atoms in total. The highest BCUT2D eigenvalue weighted by Gasteiger charge is 2.30. The van der Waals surface area contributed by atoms with E-state index in [1.165, 1.54) is 11.3 Å². The first-order valence-corrected chi connectivity index (χ1v) is 8.56. The summed E-state index contributed by atoms with van der Waals surface area (Å²) in [5, 5.41) is 6.50. The van der Waals surface area contributed by atoms with Crippen molar-refractivity contribution < 1.29 is 9.53 Å². The van der Waals surface area contributed by atoms with Crippen molar-refractivity contribution in [1.29, 1.82) is 0 Å². The first-order valence-electron chi connectivity index (χ1n) is 8.56. The SMILES string of the molecule is CCc1ccccc1NC1CC(NC(=O)OCc2ccccc2)C1. The van der Waals surface area contributed by atoms with Crippen LogP contribution in [0.25, 0.3) is 0 Å². The van der Waals surface area contributed by atoms with Gasteiger partial charge in [-0.2, -0.15) is 0 Å². The monoisotopic (exact) mass is 324 g/mol. The van der Waals surface area contributed by atoms with E-state index < -0.39 is 0 Å². The van der Waals surface area contributed by atoms with Crippen LogP contribution >= 0.6 is 0 Å². The molecule has 1 aliphatic carbocycles. The second kappa shape index (κ2) is 7.86. The Morgan fingerprint density at radius 1 is 1.04 bits per heavy atom. The van der Waals surface area contributed by atoms with Gasteiger partial charge in [0.2, 0.25) is 0 Å². The van der Waals surface area contributed by atoms with Gasteiger partial charge >= 0.3 is 6.09 Å². The molecule has 0 aromatic heterocycles. The molecule has 2 aromatic rings. The number of hydrogen-bond donors (Lipinski definition) is 2. The lowest BCUT2D eigenvalue weighted by atomic mass is 9.86. The largest absolute Gasteiger partial charge is 0.445 e. The van der Waals surface area contributed by atoms with Crippen molar-refractivity contribution in [2.45, 2.75) is 44.9 Å². The highest BCUT2D eigenvalue weighted by Crippen LogP contribution is 2.26. The summed E-state index contributed by atoms with van der Waals surface area (Å²) < 4.78 is 5.25. The highest BCUT2D eigenvalue weighted by molar-refractivity contribution is 5.68. The zero-order valence-corrected chi connectivity index (χ0v) is 14.0. The van der Waals surface area contributed by atoms with E-state index in [2.05, 4.69) is 41.8 Å². The smallest absolute Gasteiger partial charge is 0.407 e. The average Bonchev–Trinajstić information content (AvgIpc) is 2.59. The van der Waals surface area contributed by atoms with Crippen LogP contribution < -0.4 is 10.6 Å². The maximum atomic E-state index is 11.8. The van der Waals surface area contributed by atoms with Gasteiger partial charge in [-0.25, -0.2) is 4.79 Å². The summed E-state index contributed by atoms with van der Waals surface area (Å²) in [7, 11) is 0. The molecule has 0 heterocycles. The number of nitrogens with one attached hydrogen (secondary N) is 2. The van der Waals surface area contributed by atoms with Crippen molar-refractivity contribution in [2.24, 2.45) is 0 Å². The Balaban J connectivity index is 1.38. The van der Waals surface area contributed by atoms with E-state index in [1.54, 1.807) is 0 Å². The van der Waals surface area contributed by atoms with Crippen molar-refractivity contribution in [1.82, 2.24) is 5.32 Å². The van der Waals surface area contributed by atoms with Crippen LogP contribution in [0.5, 0.6) is 0 Å². The van der Waals surface area contributed by atoms with E-state index in [0.29, 0.717) is 12.6 Å². The number of aryl methyl sites for hydroxylation is 1. The van der Waals surface area contributed by atoms with E-state index in [4.69, 9.17) is 4.74 Å². The fourth-order valence-corrected chi connectivity index (χ4v) is 2.97. The van der Waals surface area contributed by atoms with Crippen LogP contribution in [-0.4, -0.2) is 18.2 Å². The van der Waals surface area contributed by atoms with Gasteiger partial charge < -0.3 is 15.4 Å². The van der Waals surface area contributed by atoms with Crippen LogP contribution in [0.2, 0.25) is 0 Å². The van der Waals surface area contributed by atoms with Crippen LogP contribution in [0, 0.1) is 0 Å². The molecular weight excluding hydrogens is 300 g/mol. The third-order valence-electron chi connectivity index (χ3n) is 4.43. The van der Waals surface area contributed by atoms with Gasteiger partial charge in [-0.3, -0.25) is 0 Å². The molecule has 2 aromatic carbocycles. The fourth-order valence-electron chi connectivity index (χ4n) is 2.97. The molecule has 1 amide bonds. The Morgan fingerprint density at radius 3 is 2.50 bits per heavy atom. The number of anilines is 1. The number of ether oxygens (including phenoxy) is 1. The first-order chi connectivity index (χ1) is 11.7. The molecule has 0 saturated heterocycles. The third-order valence-corrected chi connectivity index (χ3v) is 4.43. The second-order valence-electron chi connectivity index (χ2n) is 6.23. The second-order valence-corrected chi connectivity index (χ2v) is 6.23. The summed E-state index contributed by atoms with van der Waals surface area (Å²) in [5.41, 5.74) is 3.53. The summed E-state index contributed by atoms with van der Waals surface area (Å²) >= 11 is 0. The number of hydrogen-bond acceptors (Lipinski definition) is 3. The van der Waals surface area contributed by atoms with Crippen molar-refractivity contribution in [3.05, 3.63) is 65.7 Å². The Bertz CT molecular complexity index is 666. The Labute approximate surface area is 143 Å². The molecule has 0 spiro atoms. The van der Waals surface area contributed by atoms with Crippen LogP contribution in [-0.2, 0) is 17.8 Å². The molecule has 0 atom stereocenters. The topological polar surface area (TPSA) is 50.4 Å². The number of alkyl carbamates (subject to hydrolysis) is 1. The molecule has 126 valence electrons. The van der Waals surface area contributed by atoms with E-state index in [9.17, 15) is 4.79 Å². The average molecular weight is 324 g/mol.